The maximum absolute atomic E-state index is 15.9. The van der Waals surface area contributed by atoms with Crippen molar-refractivity contribution in [2.45, 2.75) is 144 Å². The van der Waals surface area contributed by atoms with Crippen molar-refractivity contribution in [1.82, 2.24) is 0 Å². The lowest BCUT2D eigenvalue weighted by Crippen LogP contribution is -2.61. The van der Waals surface area contributed by atoms with Gasteiger partial charge in [-0.15, -0.1) is 0 Å². The average Bonchev–Trinajstić information content (AvgIpc) is 1.75. The number of benzene rings is 5. The molecule has 0 unspecified atom stereocenters. The third-order valence-electron chi connectivity index (χ3n) is 22.0. The summed E-state index contributed by atoms with van der Waals surface area (Å²) in [5.41, 5.74) is 8.91. The Balaban J connectivity index is 0.911. The number of fused-ring (bicyclic) bond motifs is 20. The summed E-state index contributed by atoms with van der Waals surface area (Å²) in [6.45, 7) is -0.328. The third kappa shape index (κ3) is 9.89. The molecule has 6 aliphatic carbocycles. The Morgan fingerprint density at radius 2 is 1.60 bits per heavy atom. The second-order valence-electron chi connectivity index (χ2n) is 26.2. The van der Waals surface area contributed by atoms with Gasteiger partial charge in [0.25, 0.3) is 0 Å². The highest BCUT2D eigenvalue weighted by atomic mass is 16.6. The summed E-state index contributed by atoms with van der Waals surface area (Å²) in [6.07, 6.45) is 19.9. The van der Waals surface area contributed by atoms with Crippen LogP contribution >= 0.6 is 0 Å². The number of aliphatic hydroxyl groups is 4. The molecule has 87 heavy (non-hydrogen) atoms. The second kappa shape index (κ2) is 23.7. The van der Waals surface area contributed by atoms with Crippen molar-refractivity contribution >= 4 is 35.1 Å². The summed E-state index contributed by atoms with van der Waals surface area (Å²) in [7, 11) is 0. The van der Waals surface area contributed by atoms with Crippen LogP contribution in [0.4, 0.5) is 0 Å². The molecule has 15 rings (SSSR count). The van der Waals surface area contributed by atoms with Crippen LogP contribution in [-0.4, -0.2) is 70.7 Å². The first kappa shape index (κ1) is 57.5. The quantitative estimate of drug-likeness (QED) is 0.0335. The SMILES string of the molecule is C/C(CO)=C1\CCc2ccc(cc2)[C@H]2CC[C@H](c3cccc([C@]45CCCC[C@@H]4C=Cc4ccccc45)c3)C[C@@H]2CC(=O)O[C@@H]2c3c(ccc4c(CO)c([C@H](CCO)COCO)c(=O)oc34)O[C@]3(CC=C[C@H]4[C@H]5C=Cc6ccccc6[C@H]5C[C@H]43)[C@H]2OC1=O. The van der Waals surface area contributed by atoms with Crippen LogP contribution in [-0.2, 0) is 42.2 Å². The zero-order valence-electron chi connectivity index (χ0n) is 49.5. The van der Waals surface area contributed by atoms with Gasteiger partial charge in [0.1, 0.15) is 18.1 Å². The molecule has 450 valence electrons. The molecule has 0 amide bonds. The molecule has 3 fully saturated rings. The normalized spacial score (nSPS) is 30.5. The Bertz CT molecular complexity index is 3810. The molecule has 5 aromatic carbocycles. The van der Waals surface area contributed by atoms with E-state index in [4.69, 9.17) is 23.4 Å². The van der Waals surface area contributed by atoms with Crippen molar-refractivity contribution in [2.75, 3.05) is 26.6 Å². The zero-order chi connectivity index (χ0) is 59.6. The molecule has 3 aliphatic heterocycles. The van der Waals surface area contributed by atoms with Gasteiger partial charge in [-0.3, -0.25) is 4.79 Å². The van der Waals surface area contributed by atoms with E-state index in [9.17, 15) is 25.2 Å². The topological polar surface area (TPSA) is 182 Å². The Kier molecular flexibility index (Phi) is 15.7. The number of allylic oxidation sites excluding steroid dienone is 3. The van der Waals surface area contributed by atoms with Crippen molar-refractivity contribution < 1.29 is 53.4 Å². The Morgan fingerprint density at radius 3 is 2.43 bits per heavy atom. The fraction of sp³-hybridized carbons (Fsp3) is 0.427. The van der Waals surface area contributed by atoms with Gasteiger partial charge in [-0.05, 0) is 174 Å². The predicted molar refractivity (Wildman–Crippen MR) is 332 cm³/mol. The van der Waals surface area contributed by atoms with Gasteiger partial charge in [-0.25, -0.2) is 9.59 Å². The monoisotopic (exact) mass is 1170 g/mol. The number of hydrogen-bond acceptors (Lipinski definition) is 12. The number of carbonyl (C=O) groups excluding carboxylic acids is 2. The van der Waals surface area contributed by atoms with Crippen molar-refractivity contribution in [3.63, 3.8) is 0 Å². The molecule has 2 bridgehead atoms. The minimum Gasteiger partial charge on any atom is -0.482 e. The van der Waals surface area contributed by atoms with Gasteiger partial charge in [-0.1, -0.05) is 146 Å². The van der Waals surface area contributed by atoms with E-state index in [1.54, 1.807) is 19.1 Å². The fourth-order valence-electron chi connectivity index (χ4n) is 17.9. The molecular formula is C75H78O12. The van der Waals surface area contributed by atoms with Crippen molar-refractivity contribution in [2.24, 2.45) is 29.6 Å². The molecule has 12 heteroatoms. The summed E-state index contributed by atoms with van der Waals surface area (Å²) in [6, 6.07) is 38.9. The highest BCUT2D eigenvalue weighted by molar-refractivity contribution is 5.91. The Hall–Kier alpha value is -7.19. The molecule has 12 nitrogen and oxygen atoms in total. The smallest absolute Gasteiger partial charge is 0.340 e. The highest BCUT2D eigenvalue weighted by Gasteiger charge is 2.64. The van der Waals surface area contributed by atoms with E-state index in [1.807, 2.05) is 0 Å². The molecule has 0 radical (unpaired) electrons. The van der Waals surface area contributed by atoms with Crippen molar-refractivity contribution in [3.05, 3.63) is 216 Å². The van der Waals surface area contributed by atoms with Crippen LogP contribution in [0, 0.1) is 29.6 Å². The van der Waals surface area contributed by atoms with Gasteiger partial charge in [0.2, 0.25) is 0 Å². The second-order valence-corrected chi connectivity index (χ2v) is 26.2. The minimum absolute atomic E-state index is 0.00664. The fourth-order valence-corrected chi connectivity index (χ4v) is 17.9. The van der Waals surface area contributed by atoms with Crippen LogP contribution in [0.15, 0.2) is 154 Å². The largest absolute Gasteiger partial charge is 0.482 e. The number of aryl methyl sites for hydroxylation is 1. The molecule has 4 heterocycles. The summed E-state index contributed by atoms with van der Waals surface area (Å²) in [4.78, 5) is 46.3. The van der Waals surface area contributed by atoms with Gasteiger partial charge in [-0.2, -0.15) is 0 Å². The number of esters is 2. The average molecular weight is 1170 g/mol. The first-order valence-electron chi connectivity index (χ1n) is 31.9. The summed E-state index contributed by atoms with van der Waals surface area (Å²) < 4.78 is 33.8. The van der Waals surface area contributed by atoms with Crippen molar-refractivity contribution in [3.8, 4) is 5.75 Å². The lowest BCUT2D eigenvalue weighted by Gasteiger charge is -2.52. The lowest BCUT2D eigenvalue weighted by atomic mass is 9.56. The molecule has 9 aliphatic rings. The van der Waals surface area contributed by atoms with Crippen molar-refractivity contribution in [1.29, 1.82) is 0 Å². The standard InChI is InChI=1S/C75H78O12/c1-44(40-77)55-27-20-45-18-21-47(22-19-45)56-28-25-50(49-12-8-14-54(37-49)74-33-7-6-13-53(74)26-23-48-11-3-5-17-63(48)74)36-52(56)38-66(80)84-70-68-65(31-30-60-62(41-78)67(73(82)85-69(60)68)51(32-35-76)42-83-43-79)87-75(71(70)86-72(55)81)34-9-16-59-58-29-24-46-10-2-4-15-57(46)61(58)39-64(59)75/h2-5,8-12,14-19,21-24,26,29-31,37,50-53,56,58-59,61,64,70-71,76-79H,6-7,13,20,25,27-28,32-36,38-43H2,1H3/b55-44-/t50-,51+,52+,53+,56+,58+,59-,61+,64+,70+,71-,74-,75-/m0/s1. The van der Waals surface area contributed by atoms with Crippen LogP contribution in [0.2, 0.25) is 0 Å². The van der Waals surface area contributed by atoms with E-state index >= 15 is 9.59 Å². The van der Waals surface area contributed by atoms with Crippen LogP contribution in [0.25, 0.3) is 23.1 Å². The van der Waals surface area contributed by atoms with E-state index < -0.39 is 54.7 Å². The van der Waals surface area contributed by atoms with Crippen LogP contribution in [0.1, 0.15) is 175 Å². The highest BCUT2D eigenvalue weighted by Crippen LogP contribution is 2.63. The van der Waals surface area contributed by atoms with E-state index in [-0.39, 0.29) is 108 Å². The third-order valence-corrected chi connectivity index (χ3v) is 22.0. The molecule has 1 aromatic heterocycles. The first-order chi connectivity index (χ1) is 42.5. The summed E-state index contributed by atoms with van der Waals surface area (Å²) >= 11 is 0. The van der Waals surface area contributed by atoms with Crippen LogP contribution < -0.4 is 10.4 Å². The van der Waals surface area contributed by atoms with Crippen LogP contribution in [0.3, 0.4) is 0 Å². The van der Waals surface area contributed by atoms with Gasteiger partial charge >= 0.3 is 17.6 Å². The minimum atomic E-state index is -1.40. The molecular weight excluding hydrogens is 1090 g/mol. The van der Waals surface area contributed by atoms with E-state index in [0.29, 0.717) is 47.5 Å². The first-order valence-corrected chi connectivity index (χ1v) is 31.9. The van der Waals surface area contributed by atoms with Gasteiger partial charge < -0.3 is 43.8 Å². The Morgan fingerprint density at radius 1 is 0.770 bits per heavy atom. The van der Waals surface area contributed by atoms with Gasteiger partial charge in [0.15, 0.2) is 17.8 Å². The molecule has 6 aromatic rings. The summed E-state index contributed by atoms with van der Waals surface area (Å²) in [5.74, 6) is -1.41. The number of aliphatic hydroxyl groups excluding tert-OH is 4. The van der Waals surface area contributed by atoms with Gasteiger partial charge in [0.05, 0.1) is 25.4 Å². The Labute approximate surface area is 508 Å². The van der Waals surface area contributed by atoms with Gasteiger partial charge in [0, 0.05) is 53.2 Å². The maximum Gasteiger partial charge on any atom is 0.340 e. The lowest BCUT2D eigenvalue weighted by molar-refractivity contribution is -0.205. The number of hydrogen-bond donors (Lipinski definition) is 4. The molecule has 4 N–H and O–H groups in total. The number of ether oxygens (including phenoxy) is 4. The van der Waals surface area contributed by atoms with E-state index in [1.165, 1.54) is 34.2 Å². The van der Waals surface area contributed by atoms with E-state index in [0.717, 1.165) is 55.2 Å². The number of rotatable bonds is 10. The zero-order valence-corrected chi connectivity index (χ0v) is 49.5. The molecule has 13 atom stereocenters. The van der Waals surface area contributed by atoms with E-state index in [2.05, 4.69) is 134 Å². The van der Waals surface area contributed by atoms with Crippen LogP contribution in [0.5, 0.6) is 5.75 Å². The maximum atomic E-state index is 15.9. The molecule has 3 saturated carbocycles. The molecule has 1 spiro atoms. The molecule has 0 saturated heterocycles. The predicted octanol–water partition coefficient (Wildman–Crippen LogP) is 12.9. The summed E-state index contributed by atoms with van der Waals surface area (Å²) in [5, 5.41) is 42.4. The number of carbonyl (C=O) groups is 2.